The van der Waals surface area contributed by atoms with Crippen molar-refractivity contribution in [2.45, 2.75) is 51.4 Å². The Balaban J connectivity index is 2.24. The summed E-state index contributed by atoms with van der Waals surface area (Å²) in [4.78, 5) is 2.13. The van der Waals surface area contributed by atoms with E-state index >= 15 is 0 Å². The van der Waals surface area contributed by atoms with Crippen molar-refractivity contribution in [3.63, 3.8) is 0 Å². The van der Waals surface area contributed by atoms with Gasteiger partial charge in [0, 0.05) is 30.9 Å². The summed E-state index contributed by atoms with van der Waals surface area (Å²) in [5.74, 6) is 0. The second kappa shape index (κ2) is 6.69. The molecular formula is C16H23F3N2. The van der Waals surface area contributed by atoms with Gasteiger partial charge in [-0.2, -0.15) is 13.2 Å². The van der Waals surface area contributed by atoms with E-state index in [0.717, 1.165) is 38.4 Å². The van der Waals surface area contributed by atoms with Gasteiger partial charge in [-0.25, -0.2) is 0 Å². The van der Waals surface area contributed by atoms with Gasteiger partial charge >= 0.3 is 6.18 Å². The van der Waals surface area contributed by atoms with E-state index in [1.54, 1.807) is 6.07 Å². The van der Waals surface area contributed by atoms with Gasteiger partial charge in [-0.15, -0.1) is 0 Å². The molecule has 2 atom stereocenters. The van der Waals surface area contributed by atoms with E-state index in [2.05, 4.69) is 24.1 Å². The van der Waals surface area contributed by atoms with Crippen molar-refractivity contribution in [1.29, 1.82) is 0 Å². The van der Waals surface area contributed by atoms with Crippen LogP contribution in [0.4, 0.5) is 18.9 Å². The molecule has 0 aliphatic carbocycles. The van der Waals surface area contributed by atoms with Gasteiger partial charge in [0.25, 0.3) is 0 Å². The maximum absolute atomic E-state index is 12.9. The summed E-state index contributed by atoms with van der Waals surface area (Å²) in [7, 11) is 0. The number of anilines is 1. The molecule has 0 saturated carbocycles. The second-order valence-corrected chi connectivity index (χ2v) is 5.66. The van der Waals surface area contributed by atoms with Gasteiger partial charge in [-0.1, -0.05) is 26.3 Å². The van der Waals surface area contributed by atoms with Crippen molar-refractivity contribution in [1.82, 2.24) is 5.32 Å². The molecular weight excluding hydrogens is 277 g/mol. The largest absolute Gasteiger partial charge is 0.416 e. The Bertz CT molecular complexity index is 459. The average molecular weight is 300 g/mol. The second-order valence-electron chi connectivity index (χ2n) is 5.66. The molecule has 118 valence electrons. The van der Waals surface area contributed by atoms with Gasteiger partial charge in [0.1, 0.15) is 0 Å². The zero-order valence-corrected chi connectivity index (χ0v) is 12.6. The zero-order chi connectivity index (χ0) is 15.5. The summed E-state index contributed by atoms with van der Waals surface area (Å²) in [6.07, 6.45) is -1.24. The summed E-state index contributed by atoms with van der Waals surface area (Å²) in [6, 6.07) is 6.30. The molecule has 2 nitrogen and oxygen atoms in total. The van der Waals surface area contributed by atoms with E-state index in [9.17, 15) is 13.2 Å². The lowest BCUT2D eigenvalue weighted by atomic mass is 10.0. The summed E-state index contributed by atoms with van der Waals surface area (Å²) in [5, 5.41) is 3.50. The van der Waals surface area contributed by atoms with Gasteiger partial charge < -0.3 is 10.2 Å². The third-order valence-electron chi connectivity index (χ3n) is 4.11. The molecule has 0 spiro atoms. The Morgan fingerprint density at radius 1 is 1.29 bits per heavy atom. The fourth-order valence-corrected chi connectivity index (χ4v) is 2.95. The molecule has 1 aromatic rings. The maximum atomic E-state index is 12.9. The van der Waals surface area contributed by atoms with Gasteiger partial charge in [0.15, 0.2) is 0 Å². The van der Waals surface area contributed by atoms with E-state index in [0.29, 0.717) is 11.7 Å². The van der Waals surface area contributed by atoms with Crippen LogP contribution in [0.2, 0.25) is 0 Å². The highest BCUT2D eigenvalue weighted by Crippen LogP contribution is 2.32. The fraction of sp³-hybridized carbons (Fsp3) is 0.625. The zero-order valence-electron chi connectivity index (χ0n) is 12.6. The number of hydrogen-bond acceptors (Lipinski definition) is 2. The van der Waals surface area contributed by atoms with Crippen molar-refractivity contribution >= 4 is 5.69 Å². The lowest BCUT2D eigenvalue weighted by Gasteiger charge is -2.42. The minimum atomic E-state index is -4.28. The Labute approximate surface area is 124 Å². The van der Waals surface area contributed by atoms with Crippen molar-refractivity contribution < 1.29 is 13.2 Å². The monoisotopic (exact) mass is 300 g/mol. The average Bonchev–Trinajstić information content (AvgIpc) is 2.47. The van der Waals surface area contributed by atoms with Crippen LogP contribution in [0, 0.1) is 0 Å². The number of halogens is 3. The Hall–Kier alpha value is -1.23. The van der Waals surface area contributed by atoms with Crippen molar-refractivity contribution in [2.24, 2.45) is 0 Å². The van der Waals surface area contributed by atoms with E-state index < -0.39 is 11.7 Å². The molecule has 0 radical (unpaired) electrons. The first-order valence-corrected chi connectivity index (χ1v) is 7.63. The third-order valence-corrected chi connectivity index (χ3v) is 4.11. The number of piperazine rings is 1. The van der Waals surface area contributed by atoms with Gasteiger partial charge in [-0.05, 0) is 31.0 Å². The molecule has 2 rings (SSSR count). The number of hydrogen-bond donors (Lipinski definition) is 1. The predicted octanol–water partition coefficient (Wildman–Crippen LogP) is 4.06. The molecule has 21 heavy (non-hydrogen) atoms. The Morgan fingerprint density at radius 2 is 2.05 bits per heavy atom. The van der Waals surface area contributed by atoms with E-state index in [1.165, 1.54) is 12.1 Å². The smallest absolute Gasteiger partial charge is 0.366 e. The molecule has 1 aromatic carbocycles. The van der Waals surface area contributed by atoms with Gasteiger partial charge in [0.2, 0.25) is 0 Å². The summed E-state index contributed by atoms with van der Waals surface area (Å²) < 4.78 is 38.6. The Morgan fingerprint density at radius 3 is 2.67 bits per heavy atom. The van der Waals surface area contributed by atoms with Crippen LogP contribution in [-0.2, 0) is 6.18 Å². The lowest BCUT2D eigenvalue weighted by molar-refractivity contribution is -0.137. The van der Waals surface area contributed by atoms with Crippen molar-refractivity contribution in [3.8, 4) is 0 Å². The number of nitrogens with one attached hydrogen (secondary N) is 1. The molecule has 0 bridgehead atoms. The van der Waals surface area contributed by atoms with Crippen LogP contribution in [0.15, 0.2) is 24.3 Å². The van der Waals surface area contributed by atoms with E-state index in [4.69, 9.17) is 0 Å². The molecule has 1 saturated heterocycles. The number of rotatable bonds is 4. The molecule has 1 aliphatic heterocycles. The molecule has 1 heterocycles. The number of nitrogens with zero attached hydrogens (tertiary/aromatic N) is 1. The molecule has 1 N–H and O–H groups in total. The summed E-state index contributed by atoms with van der Waals surface area (Å²) in [5.41, 5.74) is 0.111. The molecule has 0 aromatic heterocycles. The van der Waals surface area contributed by atoms with Crippen LogP contribution in [-0.4, -0.2) is 25.2 Å². The van der Waals surface area contributed by atoms with Crippen LogP contribution >= 0.6 is 0 Å². The first-order valence-electron chi connectivity index (χ1n) is 7.63. The molecule has 1 aliphatic rings. The summed E-state index contributed by atoms with van der Waals surface area (Å²) >= 11 is 0. The third kappa shape index (κ3) is 3.90. The molecule has 2 unspecified atom stereocenters. The van der Waals surface area contributed by atoms with Crippen LogP contribution in [0.3, 0.4) is 0 Å². The van der Waals surface area contributed by atoms with Gasteiger partial charge in [-0.3, -0.25) is 0 Å². The molecule has 1 fully saturated rings. The highest BCUT2D eigenvalue weighted by molar-refractivity contribution is 5.51. The molecule has 0 amide bonds. The van der Waals surface area contributed by atoms with Gasteiger partial charge in [0.05, 0.1) is 5.56 Å². The van der Waals surface area contributed by atoms with Crippen LogP contribution < -0.4 is 10.2 Å². The van der Waals surface area contributed by atoms with Crippen LogP contribution in [0.1, 0.15) is 38.7 Å². The fourth-order valence-electron chi connectivity index (χ4n) is 2.95. The normalized spacial score (nSPS) is 23.4. The topological polar surface area (TPSA) is 15.3 Å². The highest BCUT2D eigenvalue weighted by Gasteiger charge is 2.32. The number of alkyl halides is 3. The highest BCUT2D eigenvalue weighted by atomic mass is 19.4. The van der Waals surface area contributed by atoms with E-state index in [-0.39, 0.29) is 6.04 Å². The number of benzene rings is 1. The van der Waals surface area contributed by atoms with Crippen LogP contribution in [0.25, 0.3) is 0 Å². The predicted molar refractivity (Wildman–Crippen MR) is 79.6 cm³/mol. The standard InChI is InChI=1S/C16H23F3N2/c1-3-6-13-11-21(14(4-2)10-20-13)15-8-5-7-12(9-15)16(17,18)19/h5,7-9,13-14,20H,3-4,6,10-11H2,1-2H3. The van der Waals surface area contributed by atoms with Crippen LogP contribution in [0.5, 0.6) is 0 Å². The van der Waals surface area contributed by atoms with Crippen molar-refractivity contribution in [3.05, 3.63) is 29.8 Å². The van der Waals surface area contributed by atoms with E-state index in [1.807, 2.05) is 0 Å². The quantitative estimate of drug-likeness (QED) is 0.902. The first-order chi connectivity index (χ1) is 9.95. The lowest BCUT2D eigenvalue weighted by Crippen LogP contribution is -2.56. The molecule has 5 heteroatoms. The first kappa shape index (κ1) is 16.1. The Kier molecular flexibility index (Phi) is 5.14. The minimum absolute atomic E-state index is 0.251. The summed E-state index contributed by atoms with van der Waals surface area (Å²) in [6.45, 7) is 5.81. The maximum Gasteiger partial charge on any atom is 0.416 e. The SMILES string of the molecule is CCCC1CN(c2cccc(C(F)(F)F)c2)C(CC)CN1. The van der Waals surface area contributed by atoms with Crippen molar-refractivity contribution in [2.75, 3.05) is 18.0 Å². The minimum Gasteiger partial charge on any atom is -0.366 e.